The zero-order chi connectivity index (χ0) is 23.3. The Morgan fingerprint density at radius 2 is 0.676 bits per heavy atom. The van der Waals surface area contributed by atoms with E-state index in [4.69, 9.17) is 9.47 Å². The van der Waals surface area contributed by atoms with Crippen molar-refractivity contribution in [3.05, 3.63) is 109 Å². The van der Waals surface area contributed by atoms with E-state index in [9.17, 15) is 10.2 Å². The van der Waals surface area contributed by atoms with Crippen molar-refractivity contribution in [1.82, 2.24) is 10.2 Å². The van der Waals surface area contributed by atoms with E-state index < -0.39 is 0 Å². The maximum Gasteiger partial charge on any atom is 0.239 e. The van der Waals surface area contributed by atoms with Crippen LogP contribution in [0.4, 0.5) is 0 Å². The predicted octanol–water partition coefficient (Wildman–Crippen LogP) is 6.81. The molecule has 6 heteroatoms. The van der Waals surface area contributed by atoms with Crippen molar-refractivity contribution in [2.45, 2.75) is 0 Å². The number of rotatable bonds is 6. The molecule has 0 atom stereocenters. The van der Waals surface area contributed by atoms with Gasteiger partial charge in [-0.15, -0.1) is 10.2 Å². The molecule has 1 heterocycles. The van der Waals surface area contributed by atoms with Gasteiger partial charge in [-0.25, -0.2) is 0 Å². The number of nitrogens with zero attached hydrogens (tertiary/aromatic N) is 2. The molecule has 0 spiro atoms. The van der Waals surface area contributed by atoms with Crippen LogP contribution in [0.15, 0.2) is 109 Å². The Morgan fingerprint density at radius 3 is 0.971 bits per heavy atom. The highest BCUT2D eigenvalue weighted by atomic mass is 16.5. The molecule has 0 aliphatic heterocycles. The Kier molecular flexibility index (Phi) is 5.78. The molecule has 1 aromatic heterocycles. The van der Waals surface area contributed by atoms with E-state index in [0.29, 0.717) is 23.3 Å². The third-order valence-electron chi connectivity index (χ3n) is 5.17. The normalized spacial score (nSPS) is 10.6. The van der Waals surface area contributed by atoms with Gasteiger partial charge in [0.25, 0.3) is 0 Å². The van der Waals surface area contributed by atoms with E-state index in [2.05, 4.69) is 10.2 Å². The molecule has 4 aromatic carbocycles. The van der Waals surface area contributed by atoms with Crippen molar-refractivity contribution < 1.29 is 19.7 Å². The van der Waals surface area contributed by atoms with E-state index in [0.717, 1.165) is 22.3 Å². The zero-order valence-electron chi connectivity index (χ0n) is 18.0. The molecule has 5 rings (SSSR count). The molecule has 166 valence electrons. The molecular weight excluding hydrogens is 428 g/mol. The minimum Gasteiger partial charge on any atom is -0.508 e. The second-order valence-electron chi connectivity index (χ2n) is 7.56. The van der Waals surface area contributed by atoms with Crippen molar-refractivity contribution in [2.75, 3.05) is 0 Å². The van der Waals surface area contributed by atoms with Crippen LogP contribution in [-0.2, 0) is 0 Å². The molecule has 0 aliphatic carbocycles. The molecule has 5 aromatic rings. The fourth-order valence-corrected chi connectivity index (χ4v) is 3.40. The van der Waals surface area contributed by atoms with Gasteiger partial charge in [0, 0.05) is 12.1 Å². The van der Waals surface area contributed by atoms with Crippen molar-refractivity contribution >= 4 is 0 Å². The van der Waals surface area contributed by atoms with E-state index in [1.54, 1.807) is 36.4 Å². The summed E-state index contributed by atoms with van der Waals surface area (Å²) in [7, 11) is 0. The molecule has 0 fully saturated rings. The minimum absolute atomic E-state index is 0.237. The standard InChI is InChI=1S/C28H20N2O4/c31-23-9-1-19(2-10-23)21-5-13-25(14-6-21)33-27-17-18-28(30-29-27)34-26-15-7-22(8-16-26)20-3-11-24(32)12-4-20/h1-18,31-32H. The van der Waals surface area contributed by atoms with Gasteiger partial charge in [-0.2, -0.15) is 0 Å². The fourth-order valence-electron chi connectivity index (χ4n) is 3.40. The molecule has 0 aliphatic rings. The van der Waals surface area contributed by atoms with E-state index >= 15 is 0 Å². The molecule has 0 saturated heterocycles. The monoisotopic (exact) mass is 448 g/mol. The average Bonchev–Trinajstić information content (AvgIpc) is 2.87. The van der Waals surface area contributed by atoms with Crippen LogP contribution in [0.25, 0.3) is 22.3 Å². The number of hydrogen-bond donors (Lipinski definition) is 2. The van der Waals surface area contributed by atoms with Gasteiger partial charge in [0.2, 0.25) is 11.8 Å². The lowest BCUT2D eigenvalue weighted by Gasteiger charge is -2.08. The Morgan fingerprint density at radius 1 is 0.382 bits per heavy atom. The molecule has 0 bridgehead atoms. The first-order valence-corrected chi connectivity index (χ1v) is 10.6. The highest BCUT2D eigenvalue weighted by molar-refractivity contribution is 5.65. The van der Waals surface area contributed by atoms with Crippen LogP contribution in [0.5, 0.6) is 34.8 Å². The SMILES string of the molecule is Oc1ccc(-c2ccc(Oc3ccc(Oc4ccc(-c5ccc(O)cc5)cc4)nn3)cc2)cc1. The van der Waals surface area contributed by atoms with Crippen LogP contribution in [0.3, 0.4) is 0 Å². The number of phenolic OH excluding ortho intramolecular Hbond substituents is 2. The molecule has 0 saturated carbocycles. The minimum atomic E-state index is 0.237. The van der Waals surface area contributed by atoms with Crippen molar-refractivity contribution in [3.63, 3.8) is 0 Å². The van der Waals surface area contributed by atoms with Crippen LogP contribution in [0, 0.1) is 0 Å². The first kappa shape index (κ1) is 21.0. The van der Waals surface area contributed by atoms with Gasteiger partial charge in [-0.05, 0) is 70.8 Å². The first-order valence-electron chi connectivity index (χ1n) is 10.6. The average molecular weight is 448 g/mol. The third kappa shape index (κ3) is 4.97. The van der Waals surface area contributed by atoms with Crippen LogP contribution >= 0.6 is 0 Å². The second-order valence-corrected chi connectivity index (χ2v) is 7.56. The number of aromatic hydroxyl groups is 2. The fraction of sp³-hybridized carbons (Fsp3) is 0. The lowest BCUT2D eigenvalue weighted by atomic mass is 10.1. The van der Waals surface area contributed by atoms with Gasteiger partial charge >= 0.3 is 0 Å². The number of phenols is 2. The maximum absolute atomic E-state index is 9.43. The molecule has 0 unspecified atom stereocenters. The zero-order valence-corrected chi connectivity index (χ0v) is 18.0. The summed E-state index contributed by atoms with van der Waals surface area (Å²) in [5.74, 6) is 2.45. The quantitative estimate of drug-likeness (QED) is 0.297. The molecule has 0 radical (unpaired) electrons. The summed E-state index contributed by atoms with van der Waals surface area (Å²) in [6.45, 7) is 0. The summed E-state index contributed by atoms with van der Waals surface area (Å²) in [6, 6.07) is 32.6. The predicted molar refractivity (Wildman–Crippen MR) is 129 cm³/mol. The topological polar surface area (TPSA) is 84.7 Å². The maximum atomic E-state index is 9.43. The van der Waals surface area contributed by atoms with Gasteiger partial charge in [0.15, 0.2) is 0 Å². The van der Waals surface area contributed by atoms with Crippen molar-refractivity contribution in [1.29, 1.82) is 0 Å². The Labute approximate surface area is 196 Å². The lowest BCUT2D eigenvalue weighted by Crippen LogP contribution is -1.93. The third-order valence-corrected chi connectivity index (χ3v) is 5.17. The molecule has 34 heavy (non-hydrogen) atoms. The highest BCUT2D eigenvalue weighted by Gasteiger charge is 2.05. The van der Waals surface area contributed by atoms with Gasteiger partial charge in [0.1, 0.15) is 23.0 Å². The summed E-state index contributed by atoms with van der Waals surface area (Å²) in [4.78, 5) is 0. The van der Waals surface area contributed by atoms with Gasteiger partial charge in [-0.1, -0.05) is 48.5 Å². The summed E-state index contributed by atoms with van der Waals surface area (Å²) in [5, 5.41) is 27.0. The molecule has 0 amide bonds. The van der Waals surface area contributed by atoms with Gasteiger partial charge < -0.3 is 19.7 Å². The van der Waals surface area contributed by atoms with Crippen molar-refractivity contribution in [3.8, 4) is 57.0 Å². The summed E-state index contributed by atoms with van der Waals surface area (Å²) in [6.07, 6.45) is 0. The Balaban J connectivity index is 1.21. The van der Waals surface area contributed by atoms with E-state index in [-0.39, 0.29) is 11.5 Å². The molecule has 6 nitrogen and oxygen atoms in total. The number of hydrogen-bond acceptors (Lipinski definition) is 6. The first-order chi connectivity index (χ1) is 16.6. The summed E-state index contributed by atoms with van der Waals surface area (Å²) >= 11 is 0. The molecule has 2 N–H and O–H groups in total. The van der Waals surface area contributed by atoms with Crippen LogP contribution in [0.1, 0.15) is 0 Å². The number of benzene rings is 4. The summed E-state index contributed by atoms with van der Waals surface area (Å²) in [5.41, 5.74) is 4.03. The van der Waals surface area contributed by atoms with Crippen LogP contribution in [0.2, 0.25) is 0 Å². The van der Waals surface area contributed by atoms with E-state index in [1.165, 1.54) is 0 Å². The largest absolute Gasteiger partial charge is 0.508 e. The smallest absolute Gasteiger partial charge is 0.239 e. The molecular formula is C28H20N2O4. The van der Waals surface area contributed by atoms with Crippen LogP contribution in [-0.4, -0.2) is 20.4 Å². The summed E-state index contributed by atoms with van der Waals surface area (Å²) < 4.78 is 11.6. The van der Waals surface area contributed by atoms with Crippen LogP contribution < -0.4 is 9.47 Å². The van der Waals surface area contributed by atoms with Crippen molar-refractivity contribution in [2.24, 2.45) is 0 Å². The highest BCUT2D eigenvalue weighted by Crippen LogP contribution is 2.28. The Bertz CT molecular complexity index is 1260. The van der Waals surface area contributed by atoms with E-state index in [1.807, 2.05) is 72.8 Å². The van der Waals surface area contributed by atoms with Gasteiger partial charge in [0.05, 0.1) is 0 Å². The number of ether oxygens (including phenoxy) is 2. The second kappa shape index (κ2) is 9.34. The lowest BCUT2D eigenvalue weighted by molar-refractivity contribution is 0.427. The number of aromatic nitrogens is 2. The Hall–Kier alpha value is -4.84. The van der Waals surface area contributed by atoms with Gasteiger partial charge in [-0.3, -0.25) is 0 Å².